The van der Waals surface area contributed by atoms with Gasteiger partial charge in [0.1, 0.15) is 23.0 Å². The maximum Gasteiger partial charge on any atom is 0.252 e. The van der Waals surface area contributed by atoms with Gasteiger partial charge < -0.3 is 9.47 Å². The van der Waals surface area contributed by atoms with Gasteiger partial charge in [-0.25, -0.2) is 0 Å². The number of fused-ring (bicyclic) bond motifs is 8. The molecule has 4 aliphatic heterocycles. The number of hydrogen-bond donors (Lipinski definition) is 0. The van der Waals surface area contributed by atoms with Crippen molar-refractivity contribution in [2.24, 2.45) is 0 Å². The van der Waals surface area contributed by atoms with Crippen LogP contribution in [0.15, 0.2) is 153 Å². The van der Waals surface area contributed by atoms with E-state index in [0.717, 1.165) is 42.0 Å². The minimum atomic E-state index is -0.0744. The van der Waals surface area contributed by atoms with Crippen LogP contribution < -0.4 is 42.3 Å². The maximum absolute atomic E-state index is 7.14. The maximum atomic E-state index is 7.14. The molecule has 71 heavy (non-hydrogen) atoms. The van der Waals surface area contributed by atoms with E-state index in [-0.39, 0.29) is 13.4 Å². The topological polar surface area (TPSA) is 18.5 Å². The summed E-state index contributed by atoms with van der Waals surface area (Å²) in [6, 6.07) is 52.9. The Morgan fingerprint density at radius 1 is 0.338 bits per heavy atom. The average Bonchev–Trinajstić information content (AvgIpc) is 3.33. The van der Waals surface area contributed by atoms with E-state index >= 15 is 0 Å². The van der Waals surface area contributed by atoms with Crippen LogP contribution in [0.25, 0.3) is 88.0 Å². The van der Waals surface area contributed by atoms with Gasteiger partial charge in [-0.15, -0.1) is 0 Å². The van der Waals surface area contributed by atoms with Crippen molar-refractivity contribution in [2.45, 2.75) is 41.5 Å². The molecule has 0 unspecified atom stereocenters. The molecule has 11 aromatic carbocycles. The summed E-state index contributed by atoms with van der Waals surface area (Å²) in [5.41, 5.74) is 27.5. The fraction of sp³-hybridized carbons (Fsp3) is 0.0938. The fourth-order valence-corrected chi connectivity index (χ4v) is 15.1. The summed E-state index contributed by atoms with van der Waals surface area (Å²) in [5.74, 6) is 3.59. The van der Waals surface area contributed by atoms with Crippen molar-refractivity contribution in [1.82, 2.24) is 0 Å². The summed E-state index contributed by atoms with van der Waals surface area (Å²) in [7, 11) is 0. The van der Waals surface area contributed by atoms with Gasteiger partial charge in [0.05, 0.1) is 0 Å². The molecule has 0 saturated heterocycles. The number of benzene rings is 11. The average molecular weight is 1100 g/mol. The molecule has 0 fully saturated rings. The first-order chi connectivity index (χ1) is 34.4. The Morgan fingerprint density at radius 2 is 0.789 bits per heavy atom. The van der Waals surface area contributed by atoms with Crippen molar-refractivity contribution in [3.63, 3.8) is 0 Å². The SMILES string of the molecule is Cc1cc(C)c(-c2cc3c4c(cc5c(-c6c(C)cc(C)cc6C)cc6c7c(cc2c4c57)B2c4ccc(-c5ccccc5)cc4Oc4cc(Br)cc-6c42)B2c4ccc(Br)cc4Oc4cc(Br)cc-3c42)c(C)c1. The predicted molar refractivity (Wildman–Crippen MR) is 311 cm³/mol. The van der Waals surface area contributed by atoms with E-state index in [9.17, 15) is 0 Å². The Kier molecular flexibility index (Phi) is 8.85. The molecule has 0 amide bonds. The van der Waals surface area contributed by atoms with Crippen LogP contribution in [0.5, 0.6) is 23.0 Å². The van der Waals surface area contributed by atoms with Crippen LogP contribution in [0.2, 0.25) is 0 Å². The summed E-state index contributed by atoms with van der Waals surface area (Å²) < 4.78 is 17.1. The minimum Gasteiger partial charge on any atom is -0.458 e. The highest BCUT2D eigenvalue weighted by Gasteiger charge is 2.45. The first-order valence-electron chi connectivity index (χ1n) is 24.4. The molecule has 7 heteroatoms. The van der Waals surface area contributed by atoms with Crippen LogP contribution in [-0.2, 0) is 0 Å². The number of halogens is 3. The second-order valence-electron chi connectivity index (χ2n) is 20.6. The van der Waals surface area contributed by atoms with Gasteiger partial charge in [0.15, 0.2) is 0 Å². The van der Waals surface area contributed by atoms with Gasteiger partial charge in [-0.3, -0.25) is 0 Å². The Labute approximate surface area is 438 Å². The van der Waals surface area contributed by atoms with Crippen molar-refractivity contribution in [3.05, 3.63) is 186 Å². The molecular weight excluding hydrogens is 1060 g/mol. The highest BCUT2D eigenvalue weighted by Crippen LogP contribution is 2.53. The Morgan fingerprint density at radius 3 is 1.28 bits per heavy atom. The van der Waals surface area contributed by atoms with E-state index in [0.29, 0.717) is 0 Å². The molecule has 2 nitrogen and oxygen atoms in total. The molecule has 336 valence electrons. The van der Waals surface area contributed by atoms with Gasteiger partial charge in [-0.05, 0) is 228 Å². The first-order valence-corrected chi connectivity index (χ1v) is 26.8. The third kappa shape index (κ3) is 5.83. The first kappa shape index (κ1) is 42.3. The quantitative estimate of drug-likeness (QED) is 0.130. The zero-order chi connectivity index (χ0) is 48.0. The largest absolute Gasteiger partial charge is 0.458 e. The normalized spacial score (nSPS) is 13.3. The van der Waals surface area contributed by atoms with E-state index in [2.05, 4.69) is 229 Å². The van der Waals surface area contributed by atoms with Crippen LogP contribution in [0.4, 0.5) is 0 Å². The number of hydrogen-bond acceptors (Lipinski definition) is 2. The van der Waals surface area contributed by atoms with Crippen molar-refractivity contribution in [3.8, 4) is 78.6 Å². The lowest BCUT2D eigenvalue weighted by molar-refractivity contribution is 0.487. The fourth-order valence-electron chi connectivity index (χ4n) is 13.9. The molecular formula is C64H41B2Br3O2. The minimum absolute atomic E-state index is 0.0571. The van der Waals surface area contributed by atoms with Crippen LogP contribution in [0.3, 0.4) is 0 Å². The van der Waals surface area contributed by atoms with Crippen molar-refractivity contribution in [1.29, 1.82) is 0 Å². The van der Waals surface area contributed by atoms with Crippen molar-refractivity contribution >= 4 is 126 Å². The molecule has 0 N–H and O–H groups in total. The second-order valence-corrected chi connectivity index (χ2v) is 23.4. The highest BCUT2D eigenvalue weighted by atomic mass is 79.9. The van der Waals surface area contributed by atoms with Crippen molar-refractivity contribution in [2.75, 3.05) is 0 Å². The summed E-state index contributed by atoms with van der Waals surface area (Å²) in [5, 5.41) is 7.87. The van der Waals surface area contributed by atoms with E-state index in [4.69, 9.17) is 9.47 Å². The molecule has 11 aromatic rings. The van der Waals surface area contributed by atoms with Gasteiger partial charge in [-0.2, -0.15) is 0 Å². The summed E-state index contributed by atoms with van der Waals surface area (Å²) >= 11 is 11.8. The summed E-state index contributed by atoms with van der Waals surface area (Å²) in [6.07, 6.45) is 0. The van der Waals surface area contributed by atoms with E-state index in [1.165, 1.54) is 149 Å². The molecule has 4 heterocycles. The lowest BCUT2D eigenvalue weighted by Gasteiger charge is -2.38. The standard InChI is InChI=1S/C64H41B2Br3O2/c1-30-16-32(3)57(33(4)17-30)41-27-44-48-22-40(69)25-56-64(48)66(50-15-13-38(67)23-54(50)71-56)52-29-46-42(58-34(5)18-31(2)19-35(58)6)26-43-47-21-39(68)24-55-63(47)65(51-28-45(41)62(60(44)52)61(46)59(43)51)49-14-12-37(20-53(49)70-55)36-10-8-7-9-11-36/h7-29H,1-6H3. The third-order valence-corrected chi connectivity index (χ3v) is 17.6. The lowest BCUT2D eigenvalue weighted by atomic mass is 9.32. The van der Waals surface area contributed by atoms with Gasteiger partial charge in [0.2, 0.25) is 0 Å². The van der Waals surface area contributed by atoms with Crippen molar-refractivity contribution < 1.29 is 9.47 Å². The molecule has 4 aliphatic rings. The molecule has 0 atom stereocenters. The zero-order valence-electron chi connectivity index (χ0n) is 39.9. The summed E-state index contributed by atoms with van der Waals surface area (Å²) in [4.78, 5) is 0. The number of rotatable bonds is 3. The lowest BCUT2D eigenvalue weighted by Crippen LogP contribution is -2.58. The Balaban J connectivity index is 1.18. The van der Waals surface area contributed by atoms with Crippen LogP contribution in [0.1, 0.15) is 33.4 Å². The van der Waals surface area contributed by atoms with Gasteiger partial charge in [0.25, 0.3) is 13.4 Å². The molecule has 15 rings (SSSR count). The van der Waals surface area contributed by atoms with Gasteiger partial charge in [-0.1, -0.05) is 155 Å². The highest BCUT2D eigenvalue weighted by molar-refractivity contribution is 9.11. The predicted octanol–water partition coefficient (Wildman–Crippen LogP) is 14.9. The molecule has 0 aromatic heterocycles. The van der Waals surface area contributed by atoms with Gasteiger partial charge in [0, 0.05) is 13.4 Å². The van der Waals surface area contributed by atoms with Crippen LogP contribution >= 0.6 is 47.8 Å². The zero-order valence-corrected chi connectivity index (χ0v) is 44.6. The molecule has 0 radical (unpaired) electrons. The Hall–Kier alpha value is -6.37. The number of ether oxygens (including phenoxy) is 2. The third-order valence-electron chi connectivity index (χ3n) is 16.2. The smallest absolute Gasteiger partial charge is 0.252 e. The molecule has 0 aliphatic carbocycles. The van der Waals surface area contributed by atoms with E-state index < -0.39 is 0 Å². The van der Waals surface area contributed by atoms with E-state index in [1.54, 1.807) is 0 Å². The molecule has 0 bridgehead atoms. The number of aryl methyl sites for hydroxylation is 6. The van der Waals surface area contributed by atoms with Crippen LogP contribution in [-0.4, -0.2) is 13.4 Å². The monoisotopic (exact) mass is 1100 g/mol. The van der Waals surface area contributed by atoms with E-state index in [1.807, 2.05) is 0 Å². The molecule has 0 spiro atoms. The van der Waals surface area contributed by atoms with Gasteiger partial charge >= 0.3 is 0 Å². The Bertz CT molecular complexity index is 4240. The second kappa shape index (κ2) is 14.9. The molecule has 0 saturated carbocycles. The summed E-state index contributed by atoms with van der Waals surface area (Å²) in [6.45, 7) is 13.5. The van der Waals surface area contributed by atoms with Crippen LogP contribution in [0, 0.1) is 41.5 Å².